The Bertz CT molecular complexity index is 734. The summed E-state index contributed by atoms with van der Waals surface area (Å²) in [7, 11) is 1.54. The van der Waals surface area contributed by atoms with Crippen LogP contribution >= 0.6 is 0 Å². The van der Waals surface area contributed by atoms with Gasteiger partial charge >= 0.3 is 5.97 Å². The quantitative estimate of drug-likeness (QED) is 0.419. The summed E-state index contributed by atoms with van der Waals surface area (Å²) < 4.78 is 9.88. The molecule has 0 aliphatic carbocycles. The van der Waals surface area contributed by atoms with E-state index in [1.807, 2.05) is 0 Å². The van der Waals surface area contributed by atoms with Crippen molar-refractivity contribution in [2.45, 2.75) is 19.3 Å². The summed E-state index contributed by atoms with van der Waals surface area (Å²) >= 11 is 0. The Labute approximate surface area is 146 Å². The smallest absolute Gasteiger partial charge is 0.375 e. The van der Waals surface area contributed by atoms with Gasteiger partial charge in [-0.15, -0.1) is 0 Å². The van der Waals surface area contributed by atoms with E-state index in [1.54, 1.807) is 68.6 Å². The average molecular weight is 340 g/mol. The molecule has 0 heterocycles. The molecule has 1 unspecified atom stereocenters. The lowest BCUT2D eigenvalue weighted by molar-refractivity contribution is -0.154. The molecular weight excluding hydrogens is 320 g/mol. The molecule has 0 aliphatic heterocycles. The van der Waals surface area contributed by atoms with Crippen molar-refractivity contribution >= 4 is 17.5 Å². The maximum absolute atomic E-state index is 12.6. The zero-order valence-corrected chi connectivity index (χ0v) is 14.2. The van der Waals surface area contributed by atoms with Gasteiger partial charge in [0.2, 0.25) is 5.78 Å². The molecule has 2 rings (SSSR count). The average Bonchev–Trinajstić information content (AvgIpc) is 2.66. The van der Waals surface area contributed by atoms with Gasteiger partial charge in [-0.2, -0.15) is 0 Å². The molecule has 0 saturated heterocycles. The van der Waals surface area contributed by atoms with E-state index in [9.17, 15) is 14.4 Å². The molecule has 0 bridgehead atoms. The molecule has 0 radical (unpaired) electrons. The monoisotopic (exact) mass is 340 g/mol. The van der Waals surface area contributed by atoms with E-state index in [2.05, 4.69) is 0 Å². The number of methoxy groups -OCH3 is 1. The van der Waals surface area contributed by atoms with Crippen LogP contribution in [0.1, 0.15) is 35.2 Å². The highest BCUT2D eigenvalue weighted by atomic mass is 16.5. The van der Waals surface area contributed by atoms with Gasteiger partial charge in [-0.25, -0.2) is 4.79 Å². The number of ether oxygens (including phenoxy) is 2. The van der Waals surface area contributed by atoms with Crippen molar-refractivity contribution in [1.29, 1.82) is 0 Å². The Balaban J connectivity index is 2.24. The minimum absolute atomic E-state index is 0.103. The van der Waals surface area contributed by atoms with Crippen LogP contribution in [0.2, 0.25) is 0 Å². The van der Waals surface area contributed by atoms with Gasteiger partial charge in [0.05, 0.1) is 19.6 Å². The summed E-state index contributed by atoms with van der Waals surface area (Å²) in [4.78, 5) is 36.9. The first kappa shape index (κ1) is 18.4. The fourth-order valence-corrected chi connectivity index (χ4v) is 2.47. The third-order valence-corrected chi connectivity index (χ3v) is 3.80. The minimum Gasteiger partial charge on any atom is -0.497 e. The summed E-state index contributed by atoms with van der Waals surface area (Å²) in [6.45, 7) is 1.74. The molecule has 5 nitrogen and oxygen atoms in total. The minimum atomic E-state index is -0.918. The van der Waals surface area contributed by atoms with Gasteiger partial charge in [-0.3, -0.25) is 9.59 Å². The highest BCUT2D eigenvalue weighted by Crippen LogP contribution is 2.24. The number of hydrogen-bond acceptors (Lipinski definition) is 5. The number of ketones is 2. The third kappa shape index (κ3) is 4.76. The molecule has 0 aromatic heterocycles. The number of Topliss-reactive ketones (excluding diaryl/α,β-unsaturated/α-hetero) is 2. The summed E-state index contributed by atoms with van der Waals surface area (Å²) in [5, 5.41) is 0. The van der Waals surface area contributed by atoms with Crippen LogP contribution in [0.4, 0.5) is 0 Å². The number of esters is 1. The van der Waals surface area contributed by atoms with Crippen molar-refractivity contribution in [3.63, 3.8) is 0 Å². The largest absolute Gasteiger partial charge is 0.497 e. The molecule has 0 spiro atoms. The van der Waals surface area contributed by atoms with Crippen LogP contribution < -0.4 is 4.74 Å². The first-order valence-corrected chi connectivity index (χ1v) is 8.00. The normalized spacial score (nSPS) is 11.4. The fraction of sp³-hybridized carbons (Fsp3) is 0.250. The van der Waals surface area contributed by atoms with Crippen molar-refractivity contribution in [2.24, 2.45) is 0 Å². The van der Waals surface area contributed by atoms with Crippen molar-refractivity contribution in [1.82, 2.24) is 0 Å². The van der Waals surface area contributed by atoms with Gasteiger partial charge in [0.25, 0.3) is 0 Å². The number of rotatable bonds is 8. The maximum atomic E-state index is 12.6. The fourth-order valence-electron chi connectivity index (χ4n) is 2.47. The van der Waals surface area contributed by atoms with Gasteiger partial charge in [0.15, 0.2) is 5.78 Å². The standard InChI is InChI=1S/C20H20O5/c1-3-25-20(23)19(22)17(14-7-5-4-6-8-14)13-18(21)15-9-11-16(24-2)12-10-15/h4-12,17H,3,13H2,1-2H3. The lowest BCUT2D eigenvalue weighted by Gasteiger charge is -2.15. The Morgan fingerprint density at radius 3 is 2.16 bits per heavy atom. The Kier molecular flexibility index (Phi) is 6.46. The molecule has 2 aromatic rings. The number of carbonyl (C=O) groups excluding carboxylic acids is 3. The van der Waals surface area contributed by atoms with Crippen molar-refractivity contribution in [3.05, 3.63) is 65.7 Å². The van der Waals surface area contributed by atoms with E-state index in [4.69, 9.17) is 9.47 Å². The maximum Gasteiger partial charge on any atom is 0.375 e. The lowest BCUT2D eigenvalue weighted by Crippen LogP contribution is -2.26. The van der Waals surface area contributed by atoms with Gasteiger partial charge in [-0.05, 0) is 36.8 Å². The van der Waals surface area contributed by atoms with Crippen LogP contribution in [0.5, 0.6) is 5.75 Å². The SMILES string of the molecule is CCOC(=O)C(=O)C(CC(=O)c1ccc(OC)cc1)c1ccccc1. The van der Waals surface area contributed by atoms with Gasteiger partial charge in [0, 0.05) is 12.0 Å². The van der Waals surface area contributed by atoms with Crippen LogP contribution in [0.25, 0.3) is 0 Å². The second kappa shape index (κ2) is 8.78. The van der Waals surface area contributed by atoms with E-state index in [0.29, 0.717) is 16.9 Å². The van der Waals surface area contributed by atoms with Crippen molar-refractivity contribution in [2.75, 3.05) is 13.7 Å². The molecule has 1 atom stereocenters. The first-order chi connectivity index (χ1) is 12.1. The molecule has 25 heavy (non-hydrogen) atoms. The van der Waals surface area contributed by atoms with Crippen LogP contribution in [0.15, 0.2) is 54.6 Å². The Morgan fingerprint density at radius 1 is 0.960 bits per heavy atom. The third-order valence-electron chi connectivity index (χ3n) is 3.80. The Hall–Kier alpha value is -2.95. The summed E-state index contributed by atoms with van der Waals surface area (Å²) in [5.74, 6) is -2.09. The summed E-state index contributed by atoms with van der Waals surface area (Å²) in [6.07, 6.45) is -0.103. The number of benzene rings is 2. The van der Waals surface area contributed by atoms with Gasteiger partial charge < -0.3 is 9.47 Å². The van der Waals surface area contributed by atoms with Gasteiger partial charge in [-0.1, -0.05) is 30.3 Å². The summed E-state index contributed by atoms with van der Waals surface area (Å²) in [5.41, 5.74) is 1.07. The van der Waals surface area contributed by atoms with E-state index in [0.717, 1.165) is 0 Å². The second-order valence-electron chi connectivity index (χ2n) is 5.40. The first-order valence-electron chi connectivity index (χ1n) is 8.00. The van der Waals surface area contributed by atoms with E-state index < -0.39 is 17.7 Å². The predicted molar refractivity (Wildman–Crippen MR) is 92.8 cm³/mol. The molecule has 5 heteroatoms. The molecular formula is C20H20O5. The molecule has 0 amide bonds. The van der Waals surface area contributed by atoms with Crippen molar-refractivity contribution in [3.8, 4) is 5.75 Å². The number of hydrogen-bond donors (Lipinski definition) is 0. The van der Waals surface area contributed by atoms with Crippen LogP contribution in [0.3, 0.4) is 0 Å². The predicted octanol–water partition coefficient (Wildman–Crippen LogP) is 3.18. The molecule has 0 aliphatic rings. The molecule has 0 fully saturated rings. The molecule has 130 valence electrons. The van der Waals surface area contributed by atoms with Crippen LogP contribution in [-0.4, -0.2) is 31.3 Å². The second-order valence-corrected chi connectivity index (χ2v) is 5.40. The highest BCUT2D eigenvalue weighted by molar-refractivity contribution is 6.36. The van der Waals surface area contributed by atoms with Crippen LogP contribution in [0, 0.1) is 0 Å². The van der Waals surface area contributed by atoms with Crippen molar-refractivity contribution < 1.29 is 23.9 Å². The topological polar surface area (TPSA) is 69.7 Å². The lowest BCUT2D eigenvalue weighted by atomic mass is 9.88. The molecule has 0 N–H and O–H groups in total. The van der Waals surface area contributed by atoms with Gasteiger partial charge in [0.1, 0.15) is 5.75 Å². The van der Waals surface area contributed by atoms with Crippen LogP contribution in [-0.2, 0) is 14.3 Å². The Morgan fingerprint density at radius 2 is 1.60 bits per heavy atom. The molecule has 0 saturated carbocycles. The van der Waals surface area contributed by atoms with E-state index in [-0.39, 0.29) is 18.8 Å². The number of carbonyl (C=O) groups is 3. The zero-order chi connectivity index (χ0) is 18.2. The zero-order valence-electron chi connectivity index (χ0n) is 14.2. The van der Waals surface area contributed by atoms with E-state index >= 15 is 0 Å². The highest BCUT2D eigenvalue weighted by Gasteiger charge is 2.30. The summed E-state index contributed by atoms with van der Waals surface area (Å²) in [6, 6.07) is 15.4. The van der Waals surface area contributed by atoms with E-state index in [1.165, 1.54) is 0 Å². The molecule has 2 aromatic carbocycles.